The summed E-state index contributed by atoms with van der Waals surface area (Å²) in [4.78, 5) is 6.91. The largest absolute Gasteiger partial charge is 0.354 e. The van der Waals surface area contributed by atoms with Crippen molar-refractivity contribution in [3.63, 3.8) is 0 Å². The summed E-state index contributed by atoms with van der Waals surface area (Å²) in [5, 5.41) is 7.11. The van der Waals surface area contributed by atoms with Gasteiger partial charge in [-0.2, -0.15) is 0 Å². The summed E-state index contributed by atoms with van der Waals surface area (Å²) in [6.45, 7) is 5.67. The fourth-order valence-corrected chi connectivity index (χ4v) is 3.14. The number of likely N-dealkylation sites (tertiary alicyclic amines) is 1. The van der Waals surface area contributed by atoms with Crippen LogP contribution in [0.1, 0.15) is 31.7 Å². The van der Waals surface area contributed by atoms with Crippen molar-refractivity contribution in [2.24, 2.45) is 10.9 Å². The summed E-state index contributed by atoms with van der Waals surface area (Å²) in [5.74, 6) is 1.78. The SMILES string of the molecule is CN=C(NC1CCN(Cc2ccccc2)CC1)NC1CC1C. The summed E-state index contributed by atoms with van der Waals surface area (Å²) >= 11 is 0. The van der Waals surface area contributed by atoms with Crippen molar-refractivity contribution in [2.75, 3.05) is 20.1 Å². The second-order valence-electron chi connectivity index (χ2n) is 6.72. The van der Waals surface area contributed by atoms with E-state index in [2.05, 4.69) is 57.8 Å². The van der Waals surface area contributed by atoms with Crippen molar-refractivity contribution in [3.8, 4) is 0 Å². The van der Waals surface area contributed by atoms with Crippen LogP contribution in [0.25, 0.3) is 0 Å². The Bertz CT molecular complexity index is 491. The summed E-state index contributed by atoms with van der Waals surface area (Å²) in [6, 6.07) is 11.9. The molecule has 2 atom stereocenters. The van der Waals surface area contributed by atoms with Gasteiger partial charge in [0.25, 0.3) is 0 Å². The monoisotopic (exact) mass is 300 g/mol. The van der Waals surface area contributed by atoms with E-state index >= 15 is 0 Å². The number of aliphatic imine (C=N–C) groups is 1. The topological polar surface area (TPSA) is 39.7 Å². The van der Waals surface area contributed by atoms with Gasteiger partial charge in [-0.1, -0.05) is 37.3 Å². The predicted octanol–water partition coefficient (Wildman–Crippen LogP) is 2.22. The fraction of sp³-hybridized carbons (Fsp3) is 0.611. The highest BCUT2D eigenvalue weighted by Gasteiger charge is 2.33. The molecule has 0 bridgehead atoms. The maximum Gasteiger partial charge on any atom is 0.191 e. The average Bonchev–Trinajstić information content (AvgIpc) is 3.24. The predicted molar refractivity (Wildman–Crippen MR) is 91.9 cm³/mol. The van der Waals surface area contributed by atoms with Crippen LogP contribution in [0.2, 0.25) is 0 Å². The molecule has 1 aliphatic heterocycles. The van der Waals surface area contributed by atoms with Crippen LogP contribution in [0.5, 0.6) is 0 Å². The van der Waals surface area contributed by atoms with Gasteiger partial charge in [0.15, 0.2) is 5.96 Å². The molecule has 2 aliphatic rings. The second-order valence-corrected chi connectivity index (χ2v) is 6.72. The van der Waals surface area contributed by atoms with Gasteiger partial charge < -0.3 is 10.6 Å². The molecule has 120 valence electrons. The Hall–Kier alpha value is -1.55. The van der Waals surface area contributed by atoms with Crippen molar-refractivity contribution >= 4 is 5.96 Å². The third-order valence-electron chi connectivity index (χ3n) is 4.83. The second kappa shape index (κ2) is 7.14. The molecular weight excluding hydrogens is 272 g/mol. The molecule has 1 aromatic carbocycles. The highest BCUT2D eigenvalue weighted by molar-refractivity contribution is 5.80. The van der Waals surface area contributed by atoms with Crippen molar-refractivity contribution in [2.45, 2.75) is 44.8 Å². The molecule has 4 heteroatoms. The smallest absolute Gasteiger partial charge is 0.191 e. The first kappa shape index (κ1) is 15.3. The van der Waals surface area contributed by atoms with E-state index in [1.54, 1.807) is 0 Å². The Morgan fingerprint density at radius 1 is 1.18 bits per heavy atom. The molecule has 2 fully saturated rings. The van der Waals surface area contributed by atoms with Gasteiger partial charge >= 0.3 is 0 Å². The zero-order chi connectivity index (χ0) is 15.4. The van der Waals surface area contributed by atoms with E-state index in [1.165, 1.54) is 24.8 Å². The highest BCUT2D eigenvalue weighted by atomic mass is 15.2. The van der Waals surface area contributed by atoms with Crippen molar-refractivity contribution in [1.82, 2.24) is 15.5 Å². The van der Waals surface area contributed by atoms with E-state index in [0.29, 0.717) is 12.1 Å². The minimum absolute atomic E-state index is 0.548. The molecule has 4 nitrogen and oxygen atoms in total. The Morgan fingerprint density at radius 2 is 1.86 bits per heavy atom. The van der Waals surface area contributed by atoms with E-state index in [-0.39, 0.29) is 0 Å². The van der Waals surface area contributed by atoms with Crippen LogP contribution < -0.4 is 10.6 Å². The summed E-state index contributed by atoms with van der Waals surface area (Å²) < 4.78 is 0. The van der Waals surface area contributed by atoms with Crippen LogP contribution >= 0.6 is 0 Å². The lowest BCUT2D eigenvalue weighted by atomic mass is 10.0. The zero-order valence-corrected chi connectivity index (χ0v) is 13.8. The van der Waals surface area contributed by atoms with Gasteiger partial charge in [0.2, 0.25) is 0 Å². The van der Waals surface area contributed by atoms with Gasteiger partial charge in [0.1, 0.15) is 0 Å². The minimum Gasteiger partial charge on any atom is -0.354 e. The lowest BCUT2D eigenvalue weighted by molar-refractivity contribution is 0.198. The molecule has 22 heavy (non-hydrogen) atoms. The Balaban J connectivity index is 1.41. The van der Waals surface area contributed by atoms with E-state index < -0.39 is 0 Å². The Kier molecular flexibility index (Phi) is 4.98. The molecular formula is C18H28N4. The van der Waals surface area contributed by atoms with Crippen molar-refractivity contribution < 1.29 is 0 Å². The minimum atomic E-state index is 0.548. The first-order chi connectivity index (χ1) is 10.7. The number of hydrogen-bond acceptors (Lipinski definition) is 2. The van der Waals surface area contributed by atoms with Gasteiger partial charge in [-0.3, -0.25) is 9.89 Å². The Morgan fingerprint density at radius 3 is 2.45 bits per heavy atom. The maximum absolute atomic E-state index is 4.36. The van der Waals surface area contributed by atoms with Gasteiger partial charge in [-0.15, -0.1) is 0 Å². The van der Waals surface area contributed by atoms with Crippen LogP contribution in [0.4, 0.5) is 0 Å². The molecule has 0 aromatic heterocycles. The summed E-state index contributed by atoms with van der Waals surface area (Å²) in [6.07, 6.45) is 3.65. The Labute approximate surface area is 134 Å². The normalized spacial score (nSPS) is 26.7. The van der Waals surface area contributed by atoms with Crippen LogP contribution in [-0.2, 0) is 6.54 Å². The number of nitrogens with one attached hydrogen (secondary N) is 2. The van der Waals surface area contributed by atoms with Crippen LogP contribution in [0.3, 0.4) is 0 Å². The number of piperidine rings is 1. The molecule has 0 amide bonds. The molecule has 2 N–H and O–H groups in total. The molecule has 3 rings (SSSR count). The molecule has 0 radical (unpaired) electrons. The third-order valence-corrected chi connectivity index (χ3v) is 4.83. The quantitative estimate of drug-likeness (QED) is 0.662. The molecule has 1 saturated heterocycles. The maximum atomic E-state index is 4.36. The standard InChI is InChI=1S/C18H28N4/c1-14-12-17(14)21-18(19-2)20-16-8-10-22(11-9-16)13-15-6-4-3-5-7-15/h3-7,14,16-17H,8-13H2,1-2H3,(H2,19,20,21). The van der Waals surface area contributed by atoms with Crippen LogP contribution in [0, 0.1) is 5.92 Å². The van der Waals surface area contributed by atoms with Gasteiger partial charge in [0.05, 0.1) is 0 Å². The highest BCUT2D eigenvalue weighted by Crippen LogP contribution is 2.28. The molecule has 2 unspecified atom stereocenters. The first-order valence-electron chi connectivity index (χ1n) is 8.50. The zero-order valence-electron chi connectivity index (χ0n) is 13.8. The lowest BCUT2D eigenvalue weighted by Gasteiger charge is -2.33. The van der Waals surface area contributed by atoms with E-state index in [9.17, 15) is 0 Å². The number of nitrogens with zero attached hydrogens (tertiary/aromatic N) is 2. The number of hydrogen-bond donors (Lipinski definition) is 2. The third kappa shape index (κ3) is 4.23. The van der Waals surface area contributed by atoms with Crippen LogP contribution in [-0.4, -0.2) is 43.1 Å². The van der Waals surface area contributed by atoms with Gasteiger partial charge in [-0.05, 0) is 30.7 Å². The molecule has 1 saturated carbocycles. The van der Waals surface area contributed by atoms with Crippen molar-refractivity contribution in [1.29, 1.82) is 0 Å². The van der Waals surface area contributed by atoms with Gasteiger partial charge in [-0.25, -0.2) is 0 Å². The molecule has 1 aromatic rings. The lowest BCUT2D eigenvalue weighted by Crippen LogP contribution is -2.49. The van der Waals surface area contributed by atoms with Crippen molar-refractivity contribution in [3.05, 3.63) is 35.9 Å². The van der Waals surface area contributed by atoms with E-state index in [0.717, 1.165) is 31.5 Å². The summed E-state index contributed by atoms with van der Waals surface area (Å²) in [7, 11) is 1.87. The summed E-state index contributed by atoms with van der Waals surface area (Å²) in [5.41, 5.74) is 1.41. The van der Waals surface area contributed by atoms with E-state index in [4.69, 9.17) is 0 Å². The first-order valence-corrected chi connectivity index (χ1v) is 8.50. The van der Waals surface area contributed by atoms with Crippen LogP contribution in [0.15, 0.2) is 35.3 Å². The number of benzene rings is 1. The number of rotatable bonds is 4. The van der Waals surface area contributed by atoms with Gasteiger partial charge in [0, 0.05) is 38.8 Å². The molecule has 0 spiro atoms. The average molecular weight is 300 g/mol. The fourth-order valence-electron chi connectivity index (χ4n) is 3.14. The molecule has 1 aliphatic carbocycles. The number of guanidine groups is 1. The van der Waals surface area contributed by atoms with E-state index in [1.807, 2.05) is 7.05 Å². The molecule has 1 heterocycles.